The van der Waals surface area contributed by atoms with Crippen LogP contribution in [0.4, 0.5) is 10.5 Å². The Morgan fingerprint density at radius 1 is 0.805 bits per heavy atom. The molecule has 0 aromatic heterocycles. The van der Waals surface area contributed by atoms with Crippen LogP contribution in [0.25, 0.3) is 0 Å². The van der Waals surface area contributed by atoms with E-state index in [1.54, 1.807) is 38.3 Å². The molecule has 7 amide bonds. The van der Waals surface area contributed by atoms with Crippen LogP contribution in [0.1, 0.15) is 129 Å². The quantitative estimate of drug-likeness (QED) is 0.0445. The summed E-state index contributed by atoms with van der Waals surface area (Å²) in [6.45, 7) is 11.6. The molecule has 0 unspecified atom stereocenters. The zero-order valence-electron chi connectivity index (χ0n) is 46.9. The van der Waals surface area contributed by atoms with E-state index in [1.807, 2.05) is 68.1 Å². The zero-order chi connectivity index (χ0) is 55.8. The molecule has 1 aliphatic carbocycles. The minimum atomic E-state index is -0.713. The number of carbonyl (C=O) groups is 8. The molecule has 2 aromatic rings. The summed E-state index contributed by atoms with van der Waals surface area (Å²) < 4.78 is 12.2. The van der Waals surface area contributed by atoms with E-state index in [0.717, 1.165) is 62.5 Å². The number of hydrogen-bond acceptors (Lipinski definition) is 11. The largest absolute Gasteiger partial charge is 0.379 e. The van der Waals surface area contributed by atoms with Gasteiger partial charge in [0, 0.05) is 102 Å². The summed E-state index contributed by atoms with van der Waals surface area (Å²) in [7, 11) is 4.92. The maximum Gasteiger partial charge on any atom is 0.315 e. The number of methoxy groups -OCH3 is 2. The monoisotopic (exact) mass is 1070 g/mol. The summed E-state index contributed by atoms with van der Waals surface area (Å²) in [5.41, 5.74) is 2.28. The molecule has 6 rings (SSSR count). The number of nitrogens with zero attached hydrogens (tertiary/aromatic N) is 3. The number of Topliss-reactive ketones (excluding diaryl/α,β-unsaturated/α-hetero) is 2. The number of fused-ring (bicyclic) bond motifs is 2. The van der Waals surface area contributed by atoms with Crippen molar-refractivity contribution in [1.29, 1.82) is 0 Å². The first-order valence-corrected chi connectivity index (χ1v) is 28.4. The molecular formula is C60H87N7O10. The molecule has 0 radical (unpaired) electrons. The molecule has 17 nitrogen and oxygen atoms in total. The lowest BCUT2D eigenvalue weighted by molar-refractivity contribution is -0.149. The van der Waals surface area contributed by atoms with E-state index in [0.29, 0.717) is 56.5 Å². The van der Waals surface area contributed by atoms with Gasteiger partial charge >= 0.3 is 6.03 Å². The van der Waals surface area contributed by atoms with Crippen molar-refractivity contribution in [2.24, 2.45) is 35.5 Å². The standard InChI is InChI=1S/C60H87N7O10/c1-9-39(4)56(65(6)59(74)47(38(2)3)35-50(69)55-43-23-26-46(33-43)63-55)51(76-7)36-54(72)66-31-17-20-48(66)57(77-8)40(5)49(68)34-44(32-41-18-13-12-14-19-41)58(73)64-45-24-21-42(22-25-45)37-62-60(75)61-29-15-10-11-16-30-67-52(70)27-28-53(67)71/h12-14,18-19,21-22,24-25,27-28,38-40,43-44,46-48,51,55-57,63H,9-11,15-17,20,23,26,29-37H2,1-8H3,(H,64,73)(H2,61,62,75)/t39-,40-,43-,44+,46+,47-,48-,51+,55-,56-,57+/m0/s1. The molecule has 3 aliphatic heterocycles. The summed E-state index contributed by atoms with van der Waals surface area (Å²) in [4.78, 5) is 112. The summed E-state index contributed by atoms with van der Waals surface area (Å²) in [5.74, 6) is -2.79. The highest BCUT2D eigenvalue weighted by Crippen LogP contribution is 2.37. The van der Waals surface area contributed by atoms with Crippen molar-refractivity contribution in [2.75, 3.05) is 46.2 Å². The molecule has 17 heteroatoms. The smallest absolute Gasteiger partial charge is 0.315 e. The number of imide groups is 1. The zero-order valence-corrected chi connectivity index (χ0v) is 46.9. The molecule has 3 heterocycles. The number of urea groups is 1. The number of likely N-dealkylation sites (N-methyl/N-ethyl adjacent to an activating group) is 1. The summed E-state index contributed by atoms with van der Waals surface area (Å²) >= 11 is 0. The Morgan fingerprint density at radius 3 is 2.13 bits per heavy atom. The highest BCUT2D eigenvalue weighted by Gasteiger charge is 2.46. The Balaban J connectivity index is 1.02. The van der Waals surface area contributed by atoms with Crippen LogP contribution in [0.2, 0.25) is 0 Å². The van der Waals surface area contributed by atoms with E-state index in [4.69, 9.17) is 9.47 Å². The van der Waals surface area contributed by atoms with Gasteiger partial charge in [0.25, 0.3) is 11.8 Å². The normalized spacial score (nSPS) is 21.6. The van der Waals surface area contributed by atoms with E-state index in [1.165, 1.54) is 17.1 Å². The van der Waals surface area contributed by atoms with Gasteiger partial charge in [0.15, 0.2) is 5.78 Å². The molecule has 4 N–H and O–H groups in total. The first kappa shape index (κ1) is 60.4. The number of piperidine rings is 1. The fourth-order valence-electron chi connectivity index (χ4n) is 12.2. The van der Waals surface area contributed by atoms with Crippen molar-refractivity contribution in [3.63, 3.8) is 0 Å². The van der Waals surface area contributed by atoms with Gasteiger partial charge in [-0.2, -0.15) is 0 Å². The van der Waals surface area contributed by atoms with E-state index < -0.39 is 42.0 Å². The predicted molar refractivity (Wildman–Crippen MR) is 295 cm³/mol. The summed E-state index contributed by atoms with van der Waals surface area (Å²) in [6, 6.07) is 15.8. The van der Waals surface area contributed by atoms with Crippen molar-refractivity contribution >= 4 is 52.8 Å². The molecule has 4 aliphatic rings. The van der Waals surface area contributed by atoms with Crippen molar-refractivity contribution in [3.8, 4) is 0 Å². The van der Waals surface area contributed by atoms with Gasteiger partial charge in [0.1, 0.15) is 5.78 Å². The summed E-state index contributed by atoms with van der Waals surface area (Å²) in [6.07, 6.45) is 10.2. The van der Waals surface area contributed by atoms with Crippen molar-refractivity contribution < 1.29 is 47.8 Å². The van der Waals surface area contributed by atoms with Gasteiger partial charge in [-0.15, -0.1) is 0 Å². The second-order valence-corrected chi connectivity index (χ2v) is 22.5. The molecule has 1 saturated carbocycles. The number of rotatable bonds is 31. The van der Waals surface area contributed by atoms with Gasteiger partial charge < -0.3 is 40.5 Å². The lowest BCUT2D eigenvalue weighted by Gasteiger charge is -2.41. The lowest BCUT2D eigenvalue weighted by Crippen LogP contribution is -2.54. The van der Waals surface area contributed by atoms with Crippen LogP contribution in [-0.2, 0) is 56.0 Å². The van der Waals surface area contributed by atoms with E-state index in [9.17, 15) is 38.4 Å². The number of hydrogen-bond donors (Lipinski definition) is 4. The first-order valence-electron chi connectivity index (χ1n) is 28.4. The Morgan fingerprint density at radius 2 is 1.51 bits per heavy atom. The molecule has 3 fully saturated rings. The third-order valence-corrected chi connectivity index (χ3v) is 16.9. The number of anilines is 1. The fourth-order valence-corrected chi connectivity index (χ4v) is 12.2. The Bertz CT molecular complexity index is 2340. The van der Waals surface area contributed by atoms with Crippen LogP contribution < -0.4 is 21.3 Å². The van der Waals surface area contributed by atoms with Gasteiger partial charge in [-0.1, -0.05) is 96.3 Å². The second kappa shape index (κ2) is 29.3. The van der Waals surface area contributed by atoms with Gasteiger partial charge in [-0.05, 0) is 92.4 Å². The van der Waals surface area contributed by atoms with Gasteiger partial charge in [-0.3, -0.25) is 38.5 Å². The highest BCUT2D eigenvalue weighted by atomic mass is 16.5. The molecule has 77 heavy (non-hydrogen) atoms. The number of amides is 7. The summed E-state index contributed by atoms with van der Waals surface area (Å²) in [5, 5.41) is 12.2. The van der Waals surface area contributed by atoms with E-state index in [2.05, 4.69) is 35.1 Å². The average Bonchev–Trinajstić information content (AvgIpc) is 4.26. The number of likely N-dealkylation sites (tertiary alicyclic amines) is 1. The van der Waals surface area contributed by atoms with E-state index in [-0.39, 0.29) is 90.8 Å². The number of benzene rings is 2. The number of ketones is 2. The fraction of sp³-hybridized carbons (Fsp3) is 0.633. The van der Waals surface area contributed by atoms with Gasteiger partial charge in [0.2, 0.25) is 17.7 Å². The van der Waals surface area contributed by atoms with Gasteiger partial charge in [0.05, 0.1) is 36.8 Å². The number of unbranched alkanes of at least 4 members (excludes halogenated alkanes) is 3. The maximum atomic E-state index is 14.6. The number of ether oxygens (including phenoxy) is 2. The molecule has 11 atom stereocenters. The second-order valence-electron chi connectivity index (χ2n) is 22.5. The molecule has 2 saturated heterocycles. The molecule has 2 bridgehead atoms. The average molecular weight is 1070 g/mol. The third-order valence-electron chi connectivity index (χ3n) is 16.9. The van der Waals surface area contributed by atoms with Crippen molar-refractivity contribution in [1.82, 2.24) is 30.7 Å². The maximum absolute atomic E-state index is 14.6. The minimum absolute atomic E-state index is 0.0161. The number of nitrogens with one attached hydrogen (secondary N) is 4. The highest BCUT2D eigenvalue weighted by molar-refractivity contribution is 6.12. The minimum Gasteiger partial charge on any atom is -0.379 e. The number of carbonyl (C=O) groups excluding carboxylic acids is 8. The Hall–Kier alpha value is -5.78. The Labute approximate surface area is 456 Å². The van der Waals surface area contributed by atoms with Crippen LogP contribution in [0, 0.1) is 35.5 Å². The Kier molecular flexibility index (Phi) is 23.0. The van der Waals surface area contributed by atoms with Crippen LogP contribution in [-0.4, -0.2) is 139 Å². The first-order chi connectivity index (χ1) is 36.9. The predicted octanol–water partition coefficient (Wildman–Crippen LogP) is 7.02. The SMILES string of the molecule is CC[C@H](C)[C@@H]([C@@H](CC(=O)N1CCC[C@H]1[C@H](OC)[C@@H](C)C(=O)C[C@@H](Cc1ccccc1)C(=O)Nc1ccc(CNC(=O)NCCCCCCN2C(=O)C=CC2=O)cc1)OC)N(C)C(=O)[C@@H](CC(=O)[C@H]1N[C@@H]2CC[C@H]1C2)C(C)C. The third kappa shape index (κ3) is 16.4. The molecule has 422 valence electrons. The van der Waals surface area contributed by atoms with Crippen molar-refractivity contribution in [3.05, 3.63) is 77.9 Å². The topological polar surface area (TPSA) is 213 Å². The van der Waals surface area contributed by atoms with Crippen LogP contribution >= 0.6 is 0 Å². The molecule has 2 aromatic carbocycles. The van der Waals surface area contributed by atoms with Crippen LogP contribution in [0.3, 0.4) is 0 Å². The van der Waals surface area contributed by atoms with Crippen LogP contribution in [0.5, 0.6) is 0 Å². The lowest BCUT2D eigenvalue weighted by atomic mass is 9.83. The van der Waals surface area contributed by atoms with Gasteiger partial charge in [-0.25, -0.2) is 4.79 Å². The van der Waals surface area contributed by atoms with E-state index >= 15 is 0 Å². The molecular weight excluding hydrogens is 979 g/mol. The van der Waals surface area contributed by atoms with Crippen molar-refractivity contribution in [2.45, 2.75) is 167 Å². The van der Waals surface area contributed by atoms with Crippen LogP contribution in [0.15, 0.2) is 66.7 Å². The molecule has 0 spiro atoms.